The third-order valence-corrected chi connectivity index (χ3v) is 6.89. The first-order valence-corrected chi connectivity index (χ1v) is 11.5. The maximum Gasteiger partial charge on any atom is 0.264 e. The topological polar surface area (TPSA) is 79.4 Å². The highest BCUT2D eigenvalue weighted by molar-refractivity contribution is 7.92. The van der Waals surface area contributed by atoms with Gasteiger partial charge in [0.1, 0.15) is 0 Å². The van der Waals surface area contributed by atoms with Gasteiger partial charge in [-0.1, -0.05) is 41.5 Å². The molecule has 2 aromatic carbocycles. The number of anilines is 1. The van der Waals surface area contributed by atoms with Crippen molar-refractivity contribution < 1.29 is 13.2 Å². The van der Waals surface area contributed by atoms with E-state index in [9.17, 15) is 13.2 Å². The zero-order valence-corrected chi connectivity index (χ0v) is 18.8. The average molecular weight is 438 g/mol. The molecule has 0 bridgehead atoms. The Balaban J connectivity index is 1.77. The quantitative estimate of drug-likeness (QED) is 0.580. The van der Waals surface area contributed by atoms with Gasteiger partial charge in [-0.2, -0.15) is 0 Å². The van der Waals surface area contributed by atoms with Gasteiger partial charge in [-0.05, 0) is 56.7 Å². The van der Waals surface area contributed by atoms with Gasteiger partial charge < -0.3 is 5.32 Å². The van der Waals surface area contributed by atoms with Crippen LogP contribution in [-0.4, -0.2) is 25.9 Å². The van der Waals surface area contributed by atoms with E-state index in [1.807, 2.05) is 45.0 Å². The van der Waals surface area contributed by atoms with E-state index in [4.69, 9.17) is 0 Å². The number of nitrogens with zero attached hydrogens (tertiary/aromatic N) is 2. The number of pyridine rings is 1. The monoisotopic (exact) mass is 437 g/mol. The van der Waals surface area contributed by atoms with E-state index in [0.29, 0.717) is 12.2 Å². The molecular weight excluding hydrogens is 410 g/mol. The Kier molecular flexibility index (Phi) is 7.07. The third kappa shape index (κ3) is 5.70. The highest BCUT2D eigenvalue weighted by Gasteiger charge is 2.25. The number of nitrogens with one attached hydrogen (secondary N) is 1. The van der Waals surface area contributed by atoms with E-state index < -0.39 is 10.0 Å². The fourth-order valence-electron chi connectivity index (χ4n) is 3.11. The number of carbonyl (C=O) groups excluding carboxylic acids is 1. The molecule has 7 heteroatoms. The van der Waals surface area contributed by atoms with Crippen molar-refractivity contribution in [3.05, 3.63) is 89.2 Å². The number of benzene rings is 2. The van der Waals surface area contributed by atoms with Crippen LogP contribution in [0.5, 0.6) is 0 Å². The Bertz CT molecular complexity index is 1140. The van der Waals surface area contributed by atoms with Crippen molar-refractivity contribution in [2.45, 2.75) is 38.6 Å². The number of aromatic nitrogens is 1. The molecule has 0 spiro atoms. The summed E-state index contributed by atoms with van der Waals surface area (Å²) in [4.78, 5) is 16.9. The van der Waals surface area contributed by atoms with Crippen LogP contribution in [0.2, 0.25) is 0 Å². The summed E-state index contributed by atoms with van der Waals surface area (Å²) < 4.78 is 28.0. The number of rotatable bonds is 8. The van der Waals surface area contributed by atoms with Gasteiger partial charge in [0.25, 0.3) is 10.0 Å². The van der Waals surface area contributed by atoms with E-state index in [-0.39, 0.29) is 23.8 Å². The van der Waals surface area contributed by atoms with Gasteiger partial charge in [-0.25, -0.2) is 8.42 Å². The number of hydrogen-bond acceptors (Lipinski definition) is 4. The number of carbonyl (C=O) groups is 1. The predicted octanol–water partition coefficient (Wildman–Crippen LogP) is 3.91. The second kappa shape index (κ2) is 9.75. The SMILES string of the molecule is Cc1ccc(N(CCC(=O)NCc2ncccc2C)S(=O)(=O)c2ccc(C)cc2)cc1. The molecule has 31 heavy (non-hydrogen) atoms. The summed E-state index contributed by atoms with van der Waals surface area (Å²) >= 11 is 0. The van der Waals surface area contributed by atoms with Gasteiger partial charge in [-0.15, -0.1) is 0 Å². The highest BCUT2D eigenvalue weighted by atomic mass is 32.2. The molecular formula is C24H27N3O3S. The molecule has 0 radical (unpaired) electrons. The fraction of sp³-hybridized carbons (Fsp3) is 0.250. The lowest BCUT2D eigenvalue weighted by Crippen LogP contribution is -2.35. The van der Waals surface area contributed by atoms with Crippen LogP contribution >= 0.6 is 0 Å². The standard InChI is InChI=1S/C24H27N3O3S/c1-18-6-10-21(11-7-18)27(31(29,30)22-12-8-19(2)9-13-22)16-14-24(28)26-17-23-20(3)5-4-15-25-23/h4-13,15H,14,16-17H2,1-3H3,(H,26,28). The third-order valence-electron chi connectivity index (χ3n) is 5.04. The normalized spacial score (nSPS) is 11.2. The summed E-state index contributed by atoms with van der Waals surface area (Å²) in [7, 11) is -3.81. The number of hydrogen-bond donors (Lipinski definition) is 1. The summed E-state index contributed by atoms with van der Waals surface area (Å²) in [6.07, 6.45) is 1.71. The van der Waals surface area contributed by atoms with Crippen molar-refractivity contribution in [2.75, 3.05) is 10.8 Å². The molecule has 0 atom stereocenters. The molecule has 1 heterocycles. The van der Waals surface area contributed by atoms with Gasteiger partial charge in [0.05, 0.1) is 22.8 Å². The first-order valence-electron chi connectivity index (χ1n) is 10.1. The number of aryl methyl sites for hydroxylation is 3. The Labute approximate surface area is 184 Å². The Morgan fingerprint density at radius 3 is 2.16 bits per heavy atom. The Morgan fingerprint density at radius 1 is 0.935 bits per heavy atom. The first kappa shape index (κ1) is 22.5. The molecule has 0 aliphatic rings. The molecule has 0 aliphatic carbocycles. The van der Waals surface area contributed by atoms with Crippen LogP contribution in [-0.2, 0) is 21.4 Å². The van der Waals surface area contributed by atoms with Crippen LogP contribution < -0.4 is 9.62 Å². The maximum absolute atomic E-state index is 13.3. The molecule has 0 fully saturated rings. The summed E-state index contributed by atoms with van der Waals surface area (Å²) in [5, 5.41) is 2.83. The van der Waals surface area contributed by atoms with Crippen LogP contribution in [0, 0.1) is 20.8 Å². The summed E-state index contributed by atoms with van der Waals surface area (Å²) in [6, 6.07) is 17.7. The van der Waals surface area contributed by atoms with Crippen molar-refractivity contribution in [2.24, 2.45) is 0 Å². The van der Waals surface area contributed by atoms with Crippen LogP contribution in [0.25, 0.3) is 0 Å². The van der Waals surface area contributed by atoms with Gasteiger partial charge in [0, 0.05) is 19.2 Å². The van der Waals surface area contributed by atoms with Crippen molar-refractivity contribution in [1.29, 1.82) is 0 Å². The molecule has 3 aromatic rings. The minimum Gasteiger partial charge on any atom is -0.350 e. The van der Waals surface area contributed by atoms with Crippen molar-refractivity contribution in [3.8, 4) is 0 Å². The summed E-state index contributed by atoms with van der Waals surface area (Å²) in [6.45, 7) is 6.12. The first-order chi connectivity index (χ1) is 14.8. The second-order valence-corrected chi connectivity index (χ2v) is 9.38. The summed E-state index contributed by atoms with van der Waals surface area (Å²) in [5.41, 5.74) is 4.31. The van der Waals surface area contributed by atoms with Crippen LogP contribution in [0.15, 0.2) is 71.8 Å². The van der Waals surface area contributed by atoms with Crippen LogP contribution in [0.4, 0.5) is 5.69 Å². The molecule has 1 N–H and O–H groups in total. The predicted molar refractivity (Wildman–Crippen MR) is 122 cm³/mol. The lowest BCUT2D eigenvalue weighted by atomic mass is 10.2. The fourth-order valence-corrected chi connectivity index (χ4v) is 4.58. The molecule has 0 unspecified atom stereocenters. The van der Waals surface area contributed by atoms with Crippen molar-refractivity contribution in [1.82, 2.24) is 10.3 Å². The van der Waals surface area contributed by atoms with E-state index in [0.717, 1.165) is 22.4 Å². The minimum atomic E-state index is -3.81. The van der Waals surface area contributed by atoms with Gasteiger partial charge in [-0.3, -0.25) is 14.1 Å². The maximum atomic E-state index is 13.3. The molecule has 3 rings (SSSR count). The van der Waals surface area contributed by atoms with E-state index >= 15 is 0 Å². The molecule has 0 saturated heterocycles. The lowest BCUT2D eigenvalue weighted by molar-refractivity contribution is -0.121. The average Bonchev–Trinajstić information content (AvgIpc) is 2.75. The molecule has 1 amide bonds. The highest BCUT2D eigenvalue weighted by Crippen LogP contribution is 2.24. The van der Waals surface area contributed by atoms with Gasteiger partial charge >= 0.3 is 0 Å². The van der Waals surface area contributed by atoms with Gasteiger partial charge in [0.2, 0.25) is 5.91 Å². The minimum absolute atomic E-state index is 0.0326. The molecule has 0 saturated carbocycles. The Morgan fingerprint density at radius 2 is 1.55 bits per heavy atom. The van der Waals surface area contributed by atoms with Crippen molar-refractivity contribution >= 4 is 21.6 Å². The lowest BCUT2D eigenvalue weighted by Gasteiger charge is -2.24. The van der Waals surface area contributed by atoms with Crippen molar-refractivity contribution in [3.63, 3.8) is 0 Å². The zero-order valence-electron chi connectivity index (χ0n) is 18.0. The van der Waals surface area contributed by atoms with E-state index in [1.165, 1.54) is 4.31 Å². The van der Waals surface area contributed by atoms with Gasteiger partial charge in [0.15, 0.2) is 0 Å². The molecule has 162 valence electrons. The Hall–Kier alpha value is -3.19. The molecule has 1 aromatic heterocycles. The molecule has 0 aliphatic heterocycles. The van der Waals surface area contributed by atoms with Crippen LogP contribution in [0.1, 0.15) is 28.8 Å². The smallest absolute Gasteiger partial charge is 0.264 e. The van der Waals surface area contributed by atoms with E-state index in [2.05, 4.69) is 10.3 Å². The number of sulfonamides is 1. The van der Waals surface area contributed by atoms with Crippen LogP contribution in [0.3, 0.4) is 0 Å². The number of amides is 1. The summed E-state index contributed by atoms with van der Waals surface area (Å²) in [5.74, 6) is -0.235. The molecule has 6 nitrogen and oxygen atoms in total. The van der Waals surface area contributed by atoms with E-state index in [1.54, 1.807) is 42.6 Å². The zero-order chi connectivity index (χ0) is 22.4. The largest absolute Gasteiger partial charge is 0.350 e. The second-order valence-electron chi connectivity index (χ2n) is 7.52.